The van der Waals surface area contributed by atoms with Crippen molar-refractivity contribution in [2.45, 2.75) is 51.3 Å². The van der Waals surface area contributed by atoms with Crippen molar-refractivity contribution in [3.05, 3.63) is 0 Å². The second kappa shape index (κ2) is 6.21. The van der Waals surface area contributed by atoms with E-state index in [1.165, 1.54) is 25.7 Å². The van der Waals surface area contributed by atoms with Gasteiger partial charge in [0.1, 0.15) is 0 Å². The normalized spacial score (nSPS) is 16.8. The summed E-state index contributed by atoms with van der Waals surface area (Å²) in [6.45, 7) is 6.79. The zero-order valence-corrected chi connectivity index (χ0v) is 8.95. The SMILES string of the molecule is CCCC(CC)C(Br)CC. The Balaban J connectivity index is 3.56. The van der Waals surface area contributed by atoms with Crippen molar-refractivity contribution in [2.24, 2.45) is 5.92 Å². The molecule has 0 aliphatic heterocycles. The van der Waals surface area contributed by atoms with Crippen LogP contribution in [0.5, 0.6) is 0 Å². The summed E-state index contributed by atoms with van der Waals surface area (Å²) in [6, 6.07) is 0. The van der Waals surface area contributed by atoms with Crippen LogP contribution in [0.1, 0.15) is 46.5 Å². The fourth-order valence-corrected chi connectivity index (χ4v) is 1.98. The lowest BCUT2D eigenvalue weighted by Crippen LogP contribution is -2.11. The van der Waals surface area contributed by atoms with Crippen molar-refractivity contribution in [1.82, 2.24) is 0 Å². The van der Waals surface area contributed by atoms with E-state index in [9.17, 15) is 0 Å². The Morgan fingerprint density at radius 3 is 2.00 bits per heavy atom. The van der Waals surface area contributed by atoms with E-state index in [4.69, 9.17) is 0 Å². The smallest absolute Gasteiger partial charge is 0.0171 e. The number of halogens is 1. The maximum absolute atomic E-state index is 3.70. The van der Waals surface area contributed by atoms with Gasteiger partial charge in [0.2, 0.25) is 0 Å². The summed E-state index contributed by atoms with van der Waals surface area (Å²) in [5, 5.41) is 0. The summed E-state index contributed by atoms with van der Waals surface area (Å²) in [7, 11) is 0. The molecule has 0 heterocycles. The Morgan fingerprint density at radius 2 is 1.70 bits per heavy atom. The average Bonchev–Trinajstić information content (AvgIpc) is 1.99. The van der Waals surface area contributed by atoms with Gasteiger partial charge in [0.05, 0.1) is 0 Å². The summed E-state index contributed by atoms with van der Waals surface area (Å²) in [5.41, 5.74) is 0. The van der Waals surface area contributed by atoms with Crippen LogP contribution in [0.3, 0.4) is 0 Å². The summed E-state index contributed by atoms with van der Waals surface area (Å²) >= 11 is 3.70. The largest absolute Gasteiger partial charge is 0.0888 e. The van der Waals surface area contributed by atoms with Gasteiger partial charge in [-0.2, -0.15) is 0 Å². The van der Waals surface area contributed by atoms with E-state index in [1.807, 2.05) is 0 Å². The summed E-state index contributed by atoms with van der Waals surface area (Å²) < 4.78 is 0. The molecule has 1 heteroatoms. The molecule has 0 N–H and O–H groups in total. The van der Waals surface area contributed by atoms with Crippen LogP contribution in [0.2, 0.25) is 0 Å². The van der Waals surface area contributed by atoms with Gasteiger partial charge in [-0.1, -0.05) is 49.5 Å². The van der Waals surface area contributed by atoms with Gasteiger partial charge in [0.15, 0.2) is 0 Å². The molecule has 0 aromatic rings. The Morgan fingerprint density at radius 1 is 1.10 bits per heavy atom. The Kier molecular flexibility index (Phi) is 6.50. The second-order valence-electron chi connectivity index (χ2n) is 2.88. The van der Waals surface area contributed by atoms with Crippen molar-refractivity contribution < 1.29 is 0 Å². The summed E-state index contributed by atoms with van der Waals surface area (Å²) in [6.07, 6.45) is 5.27. The second-order valence-corrected chi connectivity index (χ2v) is 4.06. The first kappa shape index (κ1) is 10.5. The van der Waals surface area contributed by atoms with Crippen molar-refractivity contribution in [3.63, 3.8) is 0 Å². The molecule has 0 rings (SSSR count). The van der Waals surface area contributed by atoms with Crippen molar-refractivity contribution in [2.75, 3.05) is 0 Å². The number of rotatable bonds is 5. The van der Waals surface area contributed by atoms with E-state index in [1.54, 1.807) is 0 Å². The van der Waals surface area contributed by atoms with Crippen LogP contribution < -0.4 is 0 Å². The van der Waals surface area contributed by atoms with E-state index in [0.717, 1.165) is 10.7 Å². The van der Waals surface area contributed by atoms with E-state index >= 15 is 0 Å². The molecule has 0 fully saturated rings. The van der Waals surface area contributed by atoms with Gasteiger partial charge in [-0.3, -0.25) is 0 Å². The minimum atomic E-state index is 0.748. The van der Waals surface area contributed by atoms with Crippen LogP contribution >= 0.6 is 15.9 Å². The zero-order chi connectivity index (χ0) is 7.98. The van der Waals surface area contributed by atoms with E-state index in [-0.39, 0.29) is 0 Å². The van der Waals surface area contributed by atoms with Gasteiger partial charge in [-0.15, -0.1) is 0 Å². The van der Waals surface area contributed by atoms with Crippen LogP contribution in [0.4, 0.5) is 0 Å². The van der Waals surface area contributed by atoms with Crippen LogP contribution in [-0.2, 0) is 0 Å². The molecule has 0 spiro atoms. The lowest BCUT2D eigenvalue weighted by molar-refractivity contribution is 0.445. The van der Waals surface area contributed by atoms with Crippen LogP contribution in [0.15, 0.2) is 0 Å². The molecule has 0 aromatic carbocycles. The molecule has 0 aliphatic carbocycles. The predicted octanol–water partition coefficient (Wildman–Crippen LogP) is 3.99. The lowest BCUT2D eigenvalue weighted by atomic mass is 9.96. The highest BCUT2D eigenvalue weighted by Gasteiger charge is 2.13. The first-order chi connectivity index (χ1) is 4.76. The van der Waals surface area contributed by atoms with E-state index in [2.05, 4.69) is 36.7 Å². The van der Waals surface area contributed by atoms with Gasteiger partial charge < -0.3 is 0 Å². The van der Waals surface area contributed by atoms with Gasteiger partial charge in [-0.25, -0.2) is 0 Å². The fraction of sp³-hybridized carbons (Fsp3) is 1.00. The van der Waals surface area contributed by atoms with E-state index in [0.29, 0.717) is 0 Å². The quantitative estimate of drug-likeness (QED) is 0.598. The number of hydrogen-bond donors (Lipinski definition) is 0. The minimum Gasteiger partial charge on any atom is -0.0888 e. The summed E-state index contributed by atoms with van der Waals surface area (Å²) in [5.74, 6) is 0.898. The molecule has 10 heavy (non-hydrogen) atoms. The molecule has 0 saturated heterocycles. The van der Waals surface area contributed by atoms with Gasteiger partial charge in [0, 0.05) is 4.83 Å². The number of alkyl halides is 1. The maximum atomic E-state index is 3.70. The highest BCUT2D eigenvalue weighted by atomic mass is 79.9. The van der Waals surface area contributed by atoms with Crippen LogP contribution in [0.25, 0.3) is 0 Å². The molecule has 62 valence electrons. The Hall–Kier alpha value is 0.480. The molecule has 0 nitrogen and oxygen atoms in total. The topological polar surface area (TPSA) is 0 Å². The van der Waals surface area contributed by atoms with Gasteiger partial charge in [0.25, 0.3) is 0 Å². The molecule has 0 radical (unpaired) electrons. The molecular formula is C9H19Br. The molecule has 0 saturated carbocycles. The monoisotopic (exact) mass is 206 g/mol. The van der Waals surface area contributed by atoms with Crippen molar-refractivity contribution in [3.8, 4) is 0 Å². The zero-order valence-electron chi connectivity index (χ0n) is 7.36. The van der Waals surface area contributed by atoms with Gasteiger partial charge in [-0.05, 0) is 18.8 Å². The maximum Gasteiger partial charge on any atom is 0.0171 e. The standard InChI is InChI=1S/C9H19Br/c1-4-7-8(5-2)9(10)6-3/h8-9H,4-7H2,1-3H3. The molecule has 0 bridgehead atoms. The molecular weight excluding hydrogens is 188 g/mol. The highest BCUT2D eigenvalue weighted by Crippen LogP contribution is 2.23. The third kappa shape index (κ3) is 3.60. The third-order valence-corrected chi connectivity index (χ3v) is 3.48. The summed E-state index contributed by atoms with van der Waals surface area (Å²) in [4.78, 5) is 0.748. The predicted molar refractivity (Wildman–Crippen MR) is 51.7 cm³/mol. The third-order valence-electron chi connectivity index (χ3n) is 2.09. The first-order valence-corrected chi connectivity index (χ1v) is 5.31. The molecule has 0 amide bonds. The molecule has 2 atom stereocenters. The van der Waals surface area contributed by atoms with Gasteiger partial charge >= 0.3 is 0 Å². The van der Waals surface area contributed by atoms with E-state index < -0.39 is 0 Å². The van der Waals surface area contributed by atoms with Crippen LogP contribution in [0, 0.1) is 5.92 Å². The van der Waals surface area contributed by atoms with Crippen molar-refractivity contribution in [1.29, 1.82) is 0 Å². The Labute approximate surface area is 73.5 Å². The minimum absolute atomic E-state index is 0.748. The van der Waals surface area contributed by atoms with Crippen LogP contribution in [-0.4, -0.2) is 4.83 Å². The molecule has 2 unspecified atom stereocenters. The van der Waals surface area contributed by atoms with Crippen molar-refractivity contribution >= 4 is 15.9 Å². The molecule has 0 aliphatic rings. The Bertz CT molecular complexity index is 71.1. The highest BCUT2D eigenvalue weighted by molar-refractivity contribution is 9.09. The fourth-order valence-electron chi connectivity index (χ4n) is 1.34. The molecule has 0 aromatic heterocycles. The number of hydrogen-bond acceptors (Lipinski definition) is 0. The first-order valence-electron chi connectivity index (χ1n) is 4.40. The lowest BCUT2D eigenvalue weighted by Gasteiger charge is -2.18. The average molecular weight is 207 g/mol.